The van der Waals surface area contributed by atoms with Crippen LogP contribution < -0.4 is 0 Å². The van der Waals surface area contributed by atoms with Gasteiger partial charge in [-0.3, -0.25) is 0 Å². The number of esters is 1. The van der Waals surface area contributed by atoms with E-state index in [1.165, 1.54) is 11.8 Å². The molecule has 4 nitrogen and oxygen atoms in total. The van der Waals surface area contributed by atoms with Crippen molar-refractivity contribution in [3.63, 3.8) is 0 Å². The number of thioether (sulfide) groups is 1. The monoisotopic (exact) mass is 396 g/mol. The van der Waals surface area contributed by atoms with Gasteiger partial charge in [0.2, 0.25) is 0 Å². The number of rotatable bonds is 5. The van der Waals surface area contributed by atoms with Crippen LogP contribution in [-0.2, 0) is 21.2 Å². The molecule has 1 aliphatic heterocycles. The standard InChI is InChI=1S/C18H17ClO4S2/c19-14-7-5-13(6-8-14)11-23-18(20)16-3-1-2-4-17(16)24-15-9-10-25(21,22)12-15/h1-8,15H,9-12H2/t15-/m1/s1. The van der Waals surface area contributed by atoms with Gasteiger partial charge in [0.1, 0.15) is 6.61 Å². The molecule has 2 aromatic carbocycles. The van der Waals surface area contributed by atoms with E-state index in [1.807, 2.05) is 12.1 Å². The minimum absolute atomic E-state index is 0.0183. The van der Waals surface area contributed by atoms with Crippen LogP contribution in [0.2, 0.25) is 5.02 Å². The average Bonchev–Trinajstić information content (AvgIpc) is 2.93. The van der Waals surface area contributed by atoms with Gasteiger partial charge in [0, 0.05) is 15.2 Å². The Morgan fingerprint density at radius 1 is 1.16 bits per heavy atom. The molecule has 0 aromatic heterocycles. The molecule has 3 rings (SSSR count). The summed E-state index contributed by atoms with van der Waals surface area (Å²) in [5.74, 6) is -0.0430. The lowest BCUT2D eigenvalue weighted by atomic mass is 10.2. The van der Waals surface area contributed by atoms with Crippen molar-refractivity contribution in [1.29, 1.82) is 0 Å². The van der Waals surface area contributed by atoms with Gasteiger partial charge >= 0.3 is 5.97 Å². The molecule has 1 fully saturated rings. The summed E-state index contributed by atoms with van der Waals surface area (Å²) in [6, 6.07) is 14.2. The third-order valence-corrected chi connectivity index (χ3v) is 7.45. The van der Waals surface area contributed by atoms with Gasteiger partial charge in [-0.1, -0.05) is 35.9 Å². The summed E-state index contributed by atoms with van der Waals surface area (Å²) in [5.41, 5.74) is 1.32. The van der Waals surface area contributed by atoms with Crippen molar-refractivity contribution in [1.82, 2.24) is 0 Å². The van der Waals surface area contributed by atoms with E-state index >= 15 is 0 Å². The molecule has 0 aliphatic carbocycles. The quantitative estimate of drug-likeness (QED) is 0.715. The molecule has 0 radical (unpaired) electrons. The molecule has 1 saturated heterocycles. The summed E-state index contributed by atoms with van der Waals surface area (Å²) in [5, 5.41) is 0.610. The third-order valence-electron chi connectivity index (χ3n) is 3.87. The van der Waals surface area contributed by atoms with Crippen molar-refractivity contribution in [2.45, 2.75) is 23.2 Å². The van der Waals surface area contributed by atoms with Gasteiger partial charge < -0.3 is 4.74 Å². The minimum atomic E-state index is -2.95. The molecule has 0 spiro atoms. The van der Waals surface area contributed by atoms with Crippen LogP contribution in [0.3, 0.4) is 0 Å². The molecule has 0 bridgehead atoms. The molecule has 1 atom stereocenters. The van der Waals surface area contributed by atoms with Crippen LogP contribution in [0.15, 0.2) is 53.4 Å². The van der Waals surface area contributed by atoms with Crippen LogP contribution in [0.4, 0.5) is 0 Å². The lowest BCUT2D eigenvalue weighted by molar-refractivity contribution is 0.0468. The molecule has 0 saturated carbocycles. The van der Waals surface area contributed by atoms with E-state index in [0.29, 0.717) is 17.0 Å². The lowest BCUT2D eigenvalue weighted by Gasteiger charge is -2.12. The fourth-order valence-electron chi connectivity index (χ4n) is 2.58. The number of hydrogen-bond donors (Lipinski definition) is 0. The summed E-state index contributed by atoms with van der Waals surface area (Å²) in [6.07, 6.45) is 0.612. The van der Waals surface area contributed by atoms with Crippen LogP contribution in [0.1, 0.15) is 22.3 Å². The molecular formula is C18H17ClO4S2. The van der Waals surface area contributed by atoms with Gasteiger partial charge in [0.25, 0.3) is 0 Å². The molecule has 0 N–H and O–H groups in total. The number of sulfone groups is 1. The maximum atomic E-state index is 12.4. The van der Waals surface area contributed by atoms with Crippen LogP contribution in [0, 0.1) is 0 Å². The topological polar surface area (TPSA) is 60.4 Å². The SMILES string of the molecule is O=C(OCc1ccc(Cl)cc1)c1ccccc1S[C@@H]1CCS(=O)(=O)C1. The van der Waals surface area contributed by atoms with Gasteiger partial charge in [0.15, 0.2) is 9.84 Å². The highest BCUT2D eigenvalue weighted by Crippen LogP contribution is 2.33. The van der Waals surface area contributed by atoms with E-state index < -0.39 is 15.8 Å². The molecule has 132 valence electrons. The van der Waals surface area contributed by atoms with Crippen molar-refractivity contribution in [2.24, 2.45) is 0 Å². The average molecular weight is 397 g/mol. The summed E-state index contributed by atoms with van der Waals surface area (Å²) in [4.78, 5) is 13.2. The number of halogens is 1. The van der Waals surface area contributed by atoms with Gasteiger partial charge in [-0.15, -0.1) is 11.8 Å². The van der Waals surface area contributed by atoms with Crippen molar-refractivity contribution in [3.05, 3.63) is 64.7 Å². The molecule has 1 heterocycles. The van der Waals surface area contributed by atoms with Gasteiger partial charge in [-0.2, -0.15) is 0 Å². The molecule has 0 amide bonds. The van der Waals surface area contributed by atoms with Crippen LogP contribution in [0.5, 0.6) is 0 Å². The first-order valence-corrected chi connectivity index (χ1v) is 10.9. The maximum absolute atomic E-state index is 12.4. The zero-order valence-corrected chi connectivity index (χ0v) is 15.7. The number of benzene rings is 2. The van der Waals surface area contributed by atoms with E-state index in [2.05, 4.69) is 0 Å². The Hall–Kier alpha value is -1.50. The molecule has 2 aromatic rings. The van der Waals surface area contributed by atoms with Crippen molar-refractivity contribution in [3.8, 4) is 0 Å². The Morgan fingerprint density at radius 3 is 2.56 bits per heavy atom. The van der Waals surface area contributed by atoms with E-state index in [4.69, 9.17) is 16.3 Å². The van der Waals surface area contributed by atoms with Gasteiger partial charge in [0.05, 0.1) is 17.1 Å². The number of hydrogen-bond acceptors (Lipinski definition) is 5. The van der Waals surface area contributed by atoms with E-state index in [9.17, 15) is 13.2 Å². The van der Waals surface area contributed by atoms with E-state index in [-0.39, 0.29) is 23.4 Å². The van der Waals surface area contributed by atoms with Crippen LogP contribution in [-0.4, -0.2) is 31.1 Å². The van der Waals surface area contributed by atoms with Crippen LogP contribution in [0.25, 0.3) is 0 Å². The van der Waals surface area contributed by atoms with Crippen LogP contribution >= 0.6 is 23.4 Å². The summed E-state index contributed by atoms with van der Waals surface area (Å²) < 4.78 is 28.6. The van der Waals surface area contributed by atoms with Gasteiger partial charge in [-0.25, -0.2) is 13.2 Å². The van der Waals surface area contributed by atoms with Crippen molar-refractivity contribution >= 4 is 39.2 Å². The largest absolute Gasteiger partial charge is 0.457 e. The predicted octanol–water partition coefficient (Wildman–Crippen LogP) is 3.98. The highest BCUT2D eigenvalue weighted by atomic mass is 35.5. The Bertz CT molecular complexity index is 863. The molecule has 0 unspecified atom stereocenters. The normalized spacial score (nSPS) is 18.8. The van der Waals surface area contributed by atoms with Gasteiger partial charge in [-0.05, 0) is 36.2 Å². The zero-order valence-electron chi connectivity index (χ0n) is 13.4. The van der Waals surface area contributed by atoms with E-state index in [1.54, 1.807) is 36.4 Å². The molecule has 25 heavy (non-hydrogen) atoms. The fraction of sp³-hybridized carbons (Fsp3) is 0.278. The second-order valence-electron chi connectivity index (χ2n) is 5.84. The zero-order chi connectivity index (χ0) is 17.9. The Kier molecular flexibility index (Phi) is 5.71. The number of ether oxygens (including phenoxy) is 1. The summed E-state index contributed by atoms with van der Waals surface area (Å²) in [6.45, 7) is 0.160. The Labute approximate surface area is 156 Å². The maximum Gasteiger partial charge on any atom is 0.339 e. The first-order valence-electron chi connectivity index (χ1n) is 7.81. The molecular weight excluding hydrogens is 380 g/mol. The lowest BCUT2D eigenvalue weighted by Crippen LogP contribution is -2.09. The molecule has 7 heteroatoms. The second-order valence-corrected chi connectivity index (χ2v) is 9.85. The highest BCUT2D eigenvalue weighted by Gasteiger charge is 2.29. The molecule has 1 aliphatic rings. The second kappa shape index (κ2) is 7.81. The first kappa shape index (κ1) is 18.3. The van der Waals surface area contributed by atoms with Crippen molar-refractivity contribution in [2.75, 3.05) is 11.5 Å². The fourth-order valence-corrected chi connectivity index (χ4v) is 6.32. The minimum Gasteiger partial charge on any atom is -0.457 e. The summed E-state index contributed by atoms with van der Waals surface area (Å²) >= 11 is 7.27. The number of carbonyl (C=O) groups is 1. The van der Waals surface area contributed by atoms with E-state index in [0.717, 1.165) is 10.5 Å². The smallest absolute Gasteiger partial charge is 0.339 e. The number of carbonyl (C=O) groups excluding carboxylic acids is 1. The highest BCUT2D eigenvalue weighted by molar-refractivity contribution is 8.02. The Morgan fingerprint density at radius 2 is 1.88 bits per heavy atom. The third kappa shape index (κ3) is 5.00. The summed E-state index contributed by atoms with van der Waals surface area (Å²) in [7, 11) is -2.95. The Balaban J connectivity index is 1.67. The van der Waals surface area contributed by atoms with Crippen molar-refractivity contribution < 1.29 is 17.9 Å². The predicted molar refractivity (Wildman–Crippen MR) is 99.9 cm³/mol. The first-order chi connectivity index (χ1) is 11.9.